The summed E-state index contributed by atoms with van der Waals surface area (Å²) in [5, 5.41) is 0. The minimum Gasteiger partial charge on any atom is -0.429 e. The quantitative estimate of drug-likeness (QED) is 0.0476. The van der Waals surface area contributed by atoms with Gasteiger partial charge in [0.25, 0.3) is 0 Å². The van der Waals surface area contributed by atoms with Crippen LogP contribution in [-0.2, 0) is 60.7 Å². The molecule has 0 spiro atoms. The molecule has 6 aromatic rings. The molecule has 0 N–H and O–H groups in total. The highest BCUT2D eigenvalue weighted by molar-refractivity contribution is 7.20. The third kappa shape index (κ3) is 14.4. The van der Waals surface area contributed by atoms with E-state index in [2.05, 4.69) is 9.72 Å². The molecule has 1 aromatic heterocycles. The smallest absolute Gasteiger partial charge is 0.416 e. The maximum Gasteiger partial charge on any atom is 0.416 e. The van der Waals surface area contributed by atoms with Crippen LogP contribution in [0.5, 0.6) is 0 Å². The molecule has 0 aliphatic carbocycles. The average Bonchev–Trinajstić information content (AvgIpc) is 3.30. The Balaban J connectivity index is 0.000000455. The van der Waals surface area contributed by atoms with Crippen molar-refractivity contribution in [2.45, 2.75) is 56.0 Å². The minimum atomic E-state index is -6.13. The van der Waals surface area contributed by atoms with Crippen molar-refractivity contribution in [3.8, 4) is 0 Å². The number of halogens is 25. The van der Waals surface area contributed by atoms with E-state index in [1.165, 1.54) is 17.0 Å². The predicted octanol–water partition coefficient (Wildman–Crippen LogP) is 12.6. The summed E-state index contributed by atoms with van der Waals surface area (Å²) in [6, 6.07) is -0.0235. The Morgan fingerprint density at radius 3 is 0.948 bits per heavy atom. The van der Waals surface area contributed by atoms with Crippen LogP contribution in [0.15, 0.2) is 122 Å². The molecule has 0 aliphatic rings. The lowest BCUT2D eigenvalue weighted by Gasteiger charge is -2.46. The summed E-state index contributed by atoms with van der Waals surface area (Å²) in [6.07, 6.45) is -50.6. The molecule has 0 unspecified atom stereocenters. The van der Waals surface area contributed by atoms with Gasteiger partial charge in [0.05, 0.1) is 50.7 Å². The summed E-state index contributed by atoms with van der Waals surface area (Å²) in [6.45, 7) is -1.15. The summed E-state index contributed by atoms with van der Waals surface area (Å²) >= 11 is 0. The number of nitrogens with zero attached hydrogens (tertiary/aromatic N) is 2. The van der Waals surface area contributed by atoms with E-state index in [9.17, 15) is 119 Å². The van der Waals surface area contributed by atoms with E-state index in [1.54, 1.807) is 30.5 Å². The fourth-order valence-electron chi connectivity index (χ4n) is 7.71. The number of benzene rings is 5. The van der Waals surface area contributed by atoms with E-state index in [-0.39, 0.29) is 18.0 Å². The van der Waals surface area contributed by atoms with Crippen LogP contribution >= 0.6 is 0 Å². The molecule has 6 rings (SSSR count). The van der Waals surface area contributed by atoms with Crippen LogP contribution in [0.1, 0.15) is 65.4 Å². The zero-order chi connectivity index (χ0) is 58.3. The molecule has 0 amide bonds. The minimum absolute atomic E-state index is 0.0500. The molecule has 414 valence electrons. The normalized spacial score (nSPS) is 13.2. The molecule has 0 aliphatic heterocycles. The van der Waals surface area contributed by atoms with Gasteiger partial charge in [-0.1, -0.05) is 78.9 Å². The Bertz CT molecular complexity index is 2680. The number of carbonyl (C=O) groups is 2. The number of ketones is 1. The molecule has 5 aromatic carbocycles. The van der Waals surface area contributed by atoms with Crippen molar-refractivity contribution in [3.63, 3.8) is 0 Å². The molecular weight excluding hydrogens is 1110 g/mol. The van der Waals surface area contributed by atoms with Crippen LogP contribution in [0.3, 0.4) is 0 Å². The van der Waals surface area contributed by atoms with Gasteiger partial charge in [-0.3, -0.25) is 4.79 Å². The summed E-state index contributed by atoms with van der Waals surface area (Å²) in [7, 11) is 0. The second kappa shape index (κ2) is 21.2. The Kier molecular flexibility index (Phi) is 16.7. The SMILES string of the molecule is FC(F)(F)c1cc([B-](c2cc(C(F)(F)F)cc(C(F)(F)F)c2)(c2cc(C(F)(F)F)cc(C(F)(F)F)c2)c2cc(C(F)(F)F)cc(C(F)(F)F)c2)cc(C(F)(F)F)c1.O=C(C[n+]1ccnc(C(=O)OCF)c1)c1ccccc1. The number of aromatic nitrogens is 2. The third-order valence-corrected chi connectivity index (χ3v) is 11.0. The third-order valence-electron chi connectivity index (χ3n) is 11.0. The number of rotatable bonds is 9. The first-order valence-corrected chi connectivity index (χ1v) is 20.5. The molecule has 31 heteroatoms. The number of ether oxygens (including phenoxy) is 1. The van der Waals surface area contributed by atoms with Gasteiger partial charge in [0.15, 0.2) is 6.20 Å². The number of hydrogen-bond acceptors (Lipinski definition) is 4. The van der Waals surface area contributed by atoms with Crippen molar-refractivity contribution in [2.75, 3.05) is 6.86 Å². The Hall–Kier alpha value is -7.37. The number of carbonyl (C=O) groups excluding carboxylic acids is 2. The van der Waals surface area contributed by atoms with E-state index in [4.69, 9.17) is 0 Å². The lowest BCUT2D eigenvalue weighted by atomic mass is 9.12. The zero-order valence-electron chi connectivity index (χ0n) is 37.1. The lowest BCUT2D eigenvalue weighted by molar-refractivity contribution is -0.683. The molecule has 0 saturated carbocycles. The molecule has 0 saturated heterocycles. The molecular formula is C46H24BF25N2O3. The zero-order valence-corrected chi connectivity index (χ0v) is 37.1. The molecule has 1 heterocycles. The maximum absolute atomic E-state index is 14.2. The highest BCUT2D eigenvalue weighted by atomic mass is 19.4. The van der Waals surface area contributed by atoms with Gasteiger partial charge in [-0.2, -0.15) is 132 Å². The predicted molar refractivity (Wildman–Crippen MR) is 217 cm³/mol. The van der Waals surface area contributed by atoms with Gasteiger partial charge in [0.2, 0.25) is 31.1 Å². The van der Waals surface area contributed by atoms with Crippen LogP contribution in [0, 0.1) is 0 Å². The van der Waals surface area contributed by atoms with Gasteiger partial charge < -0.3 is 4.74 Å². The van der Waals surface area contributed by atoms with E-state index < -0.39 is 208 Å². The van der Waals surface area contributed by atoms with Crippen molar-refractivity contribution in [1.29, 1.82) is 0 Å². The Morgan fingerprint density at radius 1 is 0.429 bits per heavy atom. The van der Waals surface area contributed by atoms with Crippen molar-refractivity contribution >= 4 is 39.7 Å². The lowest BCUT2D eigenvalue weighted by Crippen LogP contribution is -2.75. The number of hydrogen-bond donors (Lipinski definition) is 0. The summed E-state index contributed by atoms with van der Waals surface area (Å²) in [4.78, 5) is 27.1. The molecule has 0 radical (unpaired) electrons. The van der Waals surface area contributed by atoms with Gasteiger partial charge in [-0.15, -0.1) is 0 Å². The monoisotopic (exact) mass is 1140 g/mol. The molecule has 0 fully saturated rings. The number of alkyl halides is 25. The van der Waals surface area contributed by atoms with E-state index in [1.807, 2.05) is 6.07 Å². The highest BCUT2D eigenvalue weighted by Gasteiger charge is 2.47. The van der Waals surface area contributed by atoms with Crippen molar-refractivity contribution < 1.29 is 129 Å². The largest absolute Gasteiger partial charge is 0.429 e. The first-order valence-electron chi connectivity index (χ1n) is 20.5. The van der Waals surface area contributed by atoms with Gasteiger partial charge in [-0.05, 0) is 24.3 Å². The summed E-state index contributed by atoms with van der Waals surface area (Å²) in [5.74, 6) is -0.972. The standard InChI is InChI=1S/C32H12BF24.C14H12FN2O3/c34-25(35,36)13-1-14(26(37,38)39)6-21(5-13)33(22-7-15(27(40,41)42)2-16(8-22)28(43,44)45,23-9-17(29(46,47)48)3-18(10-23)30(49,50)51)24-11-19(31(52,53)54)4-20(12-24)32(55,56)57;15-10-20-14(19)12-8-17(7-6-16-12)9-13(18)11-4-2-1-3-5-11/h1-12H;1-8H,9-10H2/q-1;+1. The first-order chi connectivity index (χ1) is 35.0. The van der Waals surface area contributed by atoms with Gasteiger partial charge in [0.1, 0.15) is 6.15 Å². The average molecular weight is 1140 g/mol. The maximum atomic E-state index is 14.2. The second-order valence-corrected chi connectivity index (χ2v) is 16.2. The van der Waals surface area contributed by atoms with Gasteiger partial charge >= 0.3 is 55.4 Å². The number of Topliss-reactive ketones (excluding diaryl/α,β-unsaturated/α-hetero) is 1. The van der Waals surface area contributed by atoms with Crippen LogP contribution in [0.25, 0.3) is 0 Å². The fourth-order valence-corrected chi connectivity index (χ4v) is 7.71. The van der Waals surface area contributed by atoms with E-state index >= 15 is 0 Å². The topological polar surface area (TPSA) is 60.1 Å². The van der Waals surface area contributed by atoms with E-state index in [0.29, 0.717) is 5.56 Å². The van der Waals surface area contributed by atoms with Gasteiger partial charge in [-0.25, -0.2) is 14.2 Å². The van der Waals surface area contributed by atoms with Crippen LogP contribution < -0.4 is 26.4 Å². The highest BCUT2D eigenvalue weighted by Crippen LogP contribution is 2.41. The fraction of sp³-hybridized carbons (Fsp3) is 0.217. The molecule has 5 nitrogen and oxygen atoms in total. The van der Waals surface area contributed by atoms with E-state index in [0.717, 1.165) is 0 Å². The molecule has 0 atom stereocenters. The van der Waals surface area contributed by atoms with Crippen molar-refractivity contribution in [1.82, 2.24) is 4.98 Å². The van der Waals surface area contributed by atoms with Gasteiger partial charge in [0, 0.05) is 5.56 Å². The first kappa shape index (κ1) is 60.5. The number of esters is 1. The Labute approximate surface area is 413 Å². The molecule has 77 heavy (non-hydrogen) atoms. The van der Waals surface area contributed by atoms with Crippen LogP contribution in [0.2, 0.25) is 0 Å². The second-order valence-electron chi connectivity index (χ2n) is 16.2. The van der Waals surface area contributed by atoms with Crippen molar-refractivity contribution in [2.24, 2.45) is 0 Å². The molecule has 0 bridgehead atoms. The van der Waals surface area contributed by atoms with Crippen LogP contribution in [0.4, 0.5) is 110 Å². The van der Waals surface area contributed by atoms with Crippen LogP contribution in [-0.4, -0.2) is 29.7 Å². The Morgan fingerprint density at radius 2 is 0.701 bits per heavy atom. The summed E-state index contributed by atoms with van der Waals surface area (Å²) in [5.41, 5.74) is -29.7. The van der Waals surface area contributed by atoms with Crippen molar-refractivity contribution in [3.05, 3.63) is 177 Å². The summed E-state index contributed by atoms with van der Waals surface area (Å²) < 4.78 is 358.